The van der Waals surface area contributed by atoms with Gasteiger partial charge in [-0.3, -0.25) is 0 Å². The highest BCUT2D eigenvalue weighted by Crippen LogP contribution is 2.04. The second-order valence-electron chi connectivity index (χ2n) is 3.50. The predicted octanol–water partition coefficient (Wildman–Crippen LogP) is -0.528. The lowest BCUT2D eigenvalue weighted by Crippen LogP contribution is -2.54. The van der Waals surface area contributed by atoms with Crippen molar-refractivity contribution in [3.63, 3.8) is 0 Å². The zero-order chi connectivity index (χ0) is 12.8. The summed E-state index contributed by atoms with van der Waals surface area (Å²) in [5.74, 6) is -1.41. The van der Waals surface area contributed by atoms with Crippen molar-refractivity contribution in [2.45, 2.75) is 19.1 Å². The normalized spacial score (nSPS) is 13.5. The Kier molecular flexibility index (Phi) is 4.86. The van der Waals surface area contributed by atoms with Crippen LogP contribution >= 0.6 is 12.2 Å². The van der Waals surface area contributed by atoms with E-state index < -0.39 is 18.1 Å². The van der Waals surface area contributed by atoms with E-state index in [-0.39, 0.29) is 5.11 Å². The van der Waals surface area contributed by atoms with Gasteiger partial charge in [0.1, 0.15) is 0 Å². The molecular weight excluding hydrogens is 240 g/mol. The first-order chi connectivity index (χ1) is 8.00. The minimum Gasteiger partial charge on any atom is -0.548 e. The molecule has 0 aromatic heterocycles. The van der Waals surface area contributed by atoms with Crippen LogP contribution < -0.4 is 15.7 Å². The first kappa shape index (κ1) is 13.4. The number of carbonyl (C=O) groups is 1. The van der Waals surface area contributed by atoms with Crippen LogP contribution in [0.1, 0.15) is 6.92 Å². The summed E-state index contributed by atoms with van der Waals surface area (Å²) in [6.45, 7) is 1.35. The number of carbonyl (C=O) groups excluding carboxylic acids is 1. The van der Waals surface area contributed by atoms with E-state index in [4.69, 9.17) is 12.2 Å². The Morgan fingerprint density at radius 3 is 2.47 bits per heavy atom. The molecule has 17 heavy (non-hydrogen) atoms. The van der Waals surface area contributed by atoms with Crippen molar-refractivity contribution in [2.24, 2.45) is 0 Å². The summed E-state index contributed by atoms with van der Waals surface area (Å²) in [4.78, 5) is 10.7. The van der Waals surface area contributed by atoms with Gasteiger partial charge in [0.25, 0.3) is 0 Å². The molecule has 0 heterocycles. The van der Waals surface area contributed by atoms with E-state index >= 15 is 0 Å². The fourth-order valence-corrected chi connectivity index (χ4v) is 1.45. The van der Waals surface area contributed by atoms with E-state index in [1.165, 1.54) is 6.92 Å². The fraction of sp³-hybridized carbons (Fsp3) is 0.273. The molecule has 1 aromatic rings. The summed E-state index contributed by atoms with van der Waals surface area (Å²) in [7, 11) is 0. The van der Waals surface area contributed by atoms with Gasteiger partial charge >= 0.3 is 0 Å². The molecule has 0 aliphatic heterocycles. The van der Waals surface area contributed by atoms with Crippen molar-refractivity contribution < 1.29 is 15.0 Å². The average molecular weight is 253 g/mol. The molecule has 0 aliphatic carbocycles. The van der Waals surface area contributed by atoms with Crippen molar-refractivity contribution in [1.29, 1.82) is 0 Å². The van der Waals surface area contributed by atoms with Crippen LogP contribution in [0.3, 0.4) is 0 Å². The number of benzene rings is 1. The second kappa shape index (κ2) is 6.17. The highest BCUT2D eigenvalue weighted by Gasteiger charge is 2.16. The number of hydrogen-bond donors (Lipinski definition) is 3. The molecule has 92 valence electrons. The fourth-order valence-electron chi connectivity index (χ4n) is 1.21. The van der Waals surface area contributed by atoms with Crippen LogP contribution in [0.25, 0.3) is 0 Å². The number of anilines is 1. The highest BCUT2D eigenvalue weighted by atomic mass is 32.1. The first-order valence-corrected chi connectivity index (χ1v) is 5.43. The van der Waals surface area contributed by atoms with E-state index in [1.807, 2.05) is 18.2 Å². The Bertz CT molecular complexity index is 395. The number of nitrogens with one attached hydrogen (secondary N) is 2. The smallest absolute Gasteiger partial charge is 0.171 e. The van der Waals surface area contributed by atoms with Crippen LogP contribution in [-0.4, -0.2) is 28.3 Å². The average Bonchev–Trinajstić information content (AvgIpc) is 2.26. The standard InChI is InChI=1S/C11H14N2O3S/c1-7(14)9(10(15)16)13-11(17)12-8-5-3-2-4-6-8/h2-7,9,14H,1H3,(H,15,16)(H2,12,13,17)/p-1/t7-,9-/m0/s1. The van der Waals surface area contributed by atoms with Gasteiger partial charge in [0.15, 0.2) is 5.11 Å². The molecule has 0 amide bonds. The summed E-state index contributed by atoms with van der Waals surface area (Å²) in [6, 6.07) is 7.81. The van der Waals surface area contributed by atoms with E-state index in [2.05, 4.69) is 10.6 Å². The van der Waals surface area contributed by atoms with Gasteiger partial charge in [0.2, 0.25) is 0 Å². The molecule has 0 saturated heterocycles. The van der Waals surface area contributed by atoms with Crippen LogP contribution in [0.5, 0.6) is 0 Å². The number of hydrogen-bond acceptors (Lipinski definition) is 4. The number of aliphatic carboxylic acids is 1. The minimum absolute atomic E-state index is 0.117. The Hall–Kier alpha value is -1.66. The van der Waals surface area contributed by atoms with Gasteiger partial charge in [-0.25, -0.2) is 0 Å². The lowest BCUT2D eigenvalue weighted by molar-refractivity contribution is -0.309. The van der Waals surface area contributed by atoms with Crippen LogP contribution in [0, 0.1) is 0 Å². The van der Waals surface area contributed by atoms with Gasteiger partial charge in [-0.15, -0.1) is 0 Å². The molecule has 1 rings (SSSR count). The molecule has 0 aliphatic rings. The predicted molar refractivity (Wildman–Crippen MR) is 66.3 cm³/mol. The summed E-state index contributed by atoms with van der Waals surface area (Å²) in [5.41, 5.74) is 0.729. The topological polar surface area (TPSA) is 84.4 Å². The van der Waals surface area contributed by atoms with Crippen molar-refractivity contribution in [3.8, 4) is 0 Å². The number of thiocarbonyl (C=S) groups is 1. The zero-order valence-corrected chi connectivity index (χ0v) is 10.0. The van der Waals surface area contributed by atoms with Crippen LogP contribution in [0.2, 0.25) is 0 Å². The van der Waals surface area contributed by atoms with Gasteiger partial charge in [-0.2, -0.15) is 0 Å². The van der Waals surface area contributed by atoms with Gasteiger partial charge in [-0.05, 0) is 31.3 Å². The molecule has 3 N–H and O–H groups in total. The van der Waals surface area contributed by atoms with Crippen molar-refractivity contribution in [1.82, 2.24) is 5.32 Å². The lowest BCUT2D eigenvalue weighted by atomic mass is 10.2. The summed E-state index contributed by atoms with van der Waals surface area (Å²) in [5, 5.41) is 25.3. The maximum atomic E-state index is 10.7. The molecule has 0 spiro atoms. The van der Waals surface area contributed by atoms with Gasteiger partial charge in [0.05, 0.1) is 18.1 Å². The van der Waals surface area contributed by atoms with Gasteiger partial charge in [-0.1, -0.05) is 18.2 Å². The minimum atomic E-state index is -1.41. The maximum Gasteiger partial charge on any atom is 0.171 e. The maximum absolute atomic E-state index is 10.7. The van der Waals surface area contributed by atoms with Gasteiger partial charge < -0.3 is 25.6 Å². The molecule has 0 bridgehead atoms. The number of carboxylic acid groups (broad SMARTS) is 1. The lowest BCUT2D eigenvalue weighted by Gasteiger charge is -2.24. The van der Waals surface area contributed by atoms with Crippen LogP contribution in [0.15, 0.2) is 30.3 Å². The van der Waals surface area contributed by atoms with Crippen molar-refractivity contribution in [2.75, 3.05) is 5.32 Å². The van der Waals surface area contributed by atoms with E-state index in [9.17, 15) is 15.0 Å². The van der Waals surface area contributed by atoms with E-state index in [0.717, 1.165) is 5.69 Å². The SMILES string of the molecule is C[C@H](O)[C@H](NC(=S)Nc1ccccc1)C(=O)[O-]. The summed E-state index contributed by atoms with van der Waals surface area (Å²) >= 11 is 4.93. The molecule has 1 aromatic carbocycles. The third-order valence-corrected chi connectivity index (χ3v) is 2.27. The summed E-state index contributed by atoms with van der Waals surface area (Å²) in [6.07, 6.45) is -1.10. The Morgan fingerprint density at radius 1 is 1.41 bits per heavy atom. The number of rotatable bonds is 4. The number of aliphatic hydroxyl groups excluding tert-OH is 1. The molecule has 0 fully saturated rings. The Balaban J connectivity index is 2.57. The first-order valence-electron chi connectivity index (χ1n) is 5.02. The van der Waals surface area contributed by atoms with Crippen LogP contribution in [-0.2, 0) is 4.79 Å². The van der Waals surface area contributed by atoms with Crippen molar-refractivity contribution >= 4 is 29.0 Å². The van der Waals surface area contributed by atoms with E-state index in [0.29, 0.717) is 0 Å². The zero-order valence-electron chi connectivity index (χ0n) is 9.21. The molecule has 2 atom stereocenters. The highest BCUT2D eigenvalue weighted by molar-refractivity contribution is 7.80. The van der Waals surface area contributed by atoms with Crippen molar-refractivity contribution in [3.05, 3.63) is 30.3 Å². The Morgan fingerprint density at radius 2 is 2.00 bits per heavy atom. The Labute approximate surface area is 104 Å². The molecule has 5 nitrogen and oxygen atoms in total. The quantitative estimate of drug-likeness (QED) is 0.626. The monoisotopic (exact) mass is 253 g/mol. The molecule has 6 heteroatoms. The van der Waals surface area contributed by atoms with E-state index in [1.54, 1.807) is 12.1 Å². The van der Waals surface area contributed by atoms with Gasteiger partial charge in [0, 0.05) is 5.69 Å². The molecule has 0 radical (unpaired) electrons. The largest absolute Gasteiger partial charge is 0.548 e. The summed E-state index contributed by atoms with van der Waals surface area (Å²) < 4.78 is 0. The number of aliphatic hydroxyl groups is 1. The molecular formula is C11H13N2O3S-. The number of carboxylic acids is 1. The molecule has 0 saturated carbocycles. The third-order valence-electron chi connectivity index (χ3n) is 2.05. The third kappa shape index (κ3) is 4.38. The number of para-hydroxylation sites is 1. The second-order valence-corrected chi connectivity index (χ2v) is 3.91. The molecule has 0 unspecified atom stereocenters. The van der Waals surface area contributed by atoms with Crippen LogP contribution in [0.4, 0.5) is 5.69 Å².